The fourth-order valence-corrected chi connectivity index (χ4v) is 1.86. The maximum absolute atomic E-state index is 11.9. The molecule has 0 aliphatic heterocycles. The Labute approximate surface area is 107 Å². The van der Waals surface area contributed by atoms with Crippen LogP contribution < -0.4 is 5.43 Å². The largest absolute Gasteiger partial charge is 0.464 e. The van der Waals surface area contributed by atoms with Gasteiger partial charge in [-0.15, -0.1) is 0 Å². The molecule has 0 atom stereocenters. The fourth-order valence-electron chi connectivity index (χ4n) is 1.86. The van der Waals surface area contributed by atoms with Gasteiger partial charge in [0.05, 0.1) is 23.1 Å². The minimum atomic E-state index is -0.704. The first-order valence-electron chi connectivity index (χ1n) is 5.35. The van der Waals surface area contributed by atoms with E-state index in [4.69, 9.17) is 0 Å². The number of hydrogen-bond donors (Lipinski definition) is 1. The number of carbonyl (C=O) groups is 1. The van der Waals surface area contributed by atoms with Gasteiger partial charge in [-0.3, -0.25) is 14.9 Å². The Bertz CT molecular complexity index is 748. The summed E-state index contributed by atoms with van der Waals surface area (Å²) in [5.74, 6) is -0.704. The van der Waals surface area contributed by atoms with Crippen LogP contribution in [0.3, 0.4) is 0 Å². The van der Waals surface area contributed by atoms with Gasteiger partial charge in [-0.1, -0.05) is 0 Å². The number of benzene rings is 1. The molecule has 1 N–H and O–H groups in total. The number of nitrogens with zero attached hydrogens (tertiary/aromatic N) is 1. The summed E-state index contributed by atoms with van der Waals surface area (Å²) in [5, 5.41) is 11.1. The summed E-state index contributed by atoms with van der Waals surface area (Å²) in [5.41, 5.74) is 0.00775. The first-order valence-corrected chi connectivity index (χ1v) is 5.35. The van der Waals surface area contributed by atoms with E-state index in [1.807, 2.05) is 0 Å². The number of rotatable bonds is 2. The van der Waals surface area contributed by atoms with Gasteiger partial charge in [0.15, 0.2) is 5.43 Å². The number of fused-ring (bicyclic) bond motifs is 1. The maximum atomic E-state index is 11.9. The lowest BCUT2D eigenvalue weighted by molar-refractivity contribution is -0.385. The number of pyridine rings is 1. The average Bonchev–Trinajstić information content (AvgIpc) is 2.38. The second-order valence-corrected chi connectivity index (χ2v) is 3.93. The van der Waals surface area contributed by atoms with Crippen LogP contribution >= 0.6 is 0 Å². The Balaban J connectivity index is 2.84. The van der Waals surface area contributed by atoms with Crippen LogP contribution in [0.4, 0.5) is 5.69 Å². The molecule has 7 heteroatoms. The Kier molecular flexibility index (Phi) is 3.04. The van der Waals surface area contributed by atoms with E-state index in [1.54, 1.807) is 0 Å². The van der Waals surface area contributed by atoms with Crippen LogP contribution in [0.2, 0.25) is 0 Å². The van der Waals surface area contributed by atoms with E-state index in [9.17, 15) is 19.7 Å². The van der Waals surface area contributed by atoms with Gasteiger partial charge < -0.3 is 9.72 Å². The van der Waals surface area contributed by atoms with Crippen LogP contribution in [0.1, 0.15) is 16.1 Å². The minimum Gasteiger partial charge on any atom is -0.464 e. The topological polar surface area (TPSA) is 102 Å². The van der Waals surface area contributed by atoms with Crippen LogP contribution in [-0.4, -0.2) is 23.0 Å². The van der Waals surface area contributed by atoms with E-state index in [0.29, 0.717) is 5.56 Å². The molecule has 0 bridgehead atoms. The maximum Gasteiger partial charge on any atom is 0.354 e. The Morgan fingerprint density at radius 3 is 2.68 bits per heavy atom. The molecule has 1 aromatic carbocycles. The number of hydrogen-bond acceptors (Lipinski definition) is 5. The summed E-state index contributed by atoms with van der Waals surface area (Å²) < 4.78 is 4.51. The molecule has 0 saturated heterocycles. The lowest BCUT2D eigenvalue weighted by Gasteiger charge is -2.05. The summed E-state index contributed by atoms with van der Waals surface area (Å²) in [7, 11) is 1.19. The van der Waals surface area contributed by atoms with Gasteiger partial charge in [-0.05, 0) is 13.0 Å². The van der Waals surface area contributed by atoms with Gasteiger partial charge in [0.1, 0.15) is 5.69 Å². The number of aromatic nitrogens is 1. The number of nitrogens with one attached hydrogen (secondary N) is 1. The highest BCUT2D eigenvalue weighted by molar-refractivity contribution is 5.92. The van der Waals surface area contributed by atoms with Crippen molar-refractivity contribution in [3.63, 3.8) is 0 Å². The zero-order valence-corrected chi connectivity index (χ0v) is 10.2. The smallest absolute Gasteiger partial charge is 0.354 e. The van der Waals surface area contributed by atoms with Crippen molar-refractivity contribution in [1.29, 1.82) is 0 Å². The molecule has 0 amide bonds. The molecule has 0 fully saturated rings. The van der Waals surface area contributed by atoms with Crippen LogP contribution in [0.5, 0.6) is 0 Å². The van der Waals surface area contributed by atoms with Crippen LogP contribution in [0.15, 0.2) is 23.0 Å². The molecule has 0 aliphatic rings. The van der Waals surface area contributed by atoms with Crippen molar-refractivity contribution in [1.82, 2.24) is 4.98 Å². The van der Waals surface area contributed by atoms with Gasteiger partial charge in [0.25, 0.3) is 5.69 Å². The third-order valence-electron chi connectivity index (χ3n) is 2.84. The molecule has 0 radical (unpaired) electrons. The summed E-state index contributed by atoms with van der Waals surface area (Å²) in [6, 6.07) is 3.74. The van der Waals surface area contributed by atoms with E-state index >= 15 is 0 Å². The van der Waals surface area contributed by atoms with Gasteiger partial charge in [0.2, 0.25) is 0 Å². The lowest BCUT2D eigenvalue weighted by atomic mass is 10.1. The molecule has 0 saturated carbocycles. The van der Waals surface area contributed by atoms with Crippen molar-refractivity contribution in [2.75, 3.05) is 7.11 Å². The molecule has 7 nitrogen and oxygen atoms in total. The normalized spacial score (nSPS) is 10.4. The Hall–Kier alpha value is -2.70. The number of aryl methyl sites for hydroxylation is 1. The number of carbonyl (C=O) groups excluding carboxylic acids is 1. The van der Waals surface area contributed by atoms with Crippen molar-refractivity contribution in [2.45, 2.75) is 6.92 Å². The number of ether oxygens (including phenoxy) is 1. The Morgan fingerprint density at radius 1 is 1.42 bits per heavy atom. The number of nitro groups is 1. The van der Waals surface area contributed by atoms with Crippen molar-refractivity contribution >= 4 is 22.6 Å². The van der Waals surface area contributed by atoms with Crippen LogP contribution in [0, 0.1) is 17.0 Å². The van der Waals surface area contributed by atoms with E-state index in [0.717, 1.165) is 6.07 Å². The molecule has 19 heavy (non-hydrogen) atoms. The lowest BCUT2D eigenvalue weighted by Crippen LogP contribution is -2.12. The van der Waals surface area contributed by atoms with Crippen molar-refractivity contribution in [2.24, 2.45) is 0 Å². The second-order valence-electron chi connectivity index (χ2n) is 3.93. The van der Waals surface area contributed by atoms with E-state index in [1.165, 1.54) is 26.2 Å². The molecular weight excluding hydrogens is 252 g/mol. The zero-order chi connectivity index (χ0) is 14.2. The van der Waals surface area contributed by atoms with Crippen molar-refractivity contribution in [3.8, 4) is 0 Å². The number of nitro benzene ring substituents is 1. The predicted octanol–water partition coefficient (Wildman–Crippen LogP) is 1.53. The van der Waals surface area contributed by atoms with Crippen molar-refractivity contribution < 1.29 is 14.5 Å². The van der Waals surface area contributed by atoms with Crippen LogP contribution in [-0.2, 0) is 4.74 Å². The molecule has 2 aromatic rings. The summed E-state index contributed by atoms with van der Waals surface area (Å²) >= 11 is 0. The minimum absolute atomic E-state index is 0.0383. The molecule has 2 rings (SSSR count). The van der Waals surface area contributed by atoms with Gasteiger partial charge in [-0.25, -0.2) is 4.79 Å². The standard InChI is InChI=1S/C12H10N2O5/c1-6-9(14(17)18)4-3-7-10(15)5-8(12(16)19-2)13-11(6)7/h3-5H,1-2H3,(H,13,15). The molecule has 1 aromatic heterocycles. The van der Waals surface area contributed by atoms with Gasteiger partial charge in [0, 0.05) is 17.5 Å². The number of aromatic amines is 1. The molecule has 0 aliphatic carbocycles. The first kappa shape index (κ1) is 12.7. The molecular formula is C12H10N2O5. The number of methoxy groups -OCH3 is 1. The number of esters is 1. The third-order valence-corrected chi connectivity index (χ3v) is 2.84. The van der Waals surface area contributed by atoms with Crippen LogP contribution in [0.25, 0.3) is 10.9 Å². The molecule has 0 spiro atoms. The van der Waals surface area contributed by atoms with Gasteiger partial charge in [-0.2, -0.15) is 0 Å². The molecule has 1 heterocycles. The second kappa shape index (κ2) is 4.52. The van der Waals surface area contributed by atoms with Crippen molar-refractivity contribution in [3.05, 3.63) is 49.8 Å². The van der Waals surface area contributed by atoms with E-state index in [2.05, 4.69) is 9.72 Å². The monoisotopic (exact) mass is 262 g/mol. The Morgan fingerprint density at radius 2 is 2.11 bits per heavy atom. The molecule has 0 unspecified atom stereocenters. The van der Waals surface area contributed by atoms with E-state index < -0.39 is 16.3 Å². The SMILES string of the molecule is COC(=O)c1cc(=O)c2ccc([N+](=O)[O-])c(C)c2[nH]1. The predicted molar refractivity (Wildman–Crippen MR) is 67.3 cm³/mol. The third kappa shape index (κ3) is 2.05. The number of H-pyrrole nitrogens is 1. The highest BCUT2D eigenvalue weighted by Gasteiger charge is 2.17. The van der Waals surface area contributed by atoms with E-state index in [-0.39, 0.29) is 22.3 Å². The first-order chi connectivity index (χ1) is 8.95. The van der Waals surface area contributed by atoms with Gasteiger partial charge >= 0.3 is 5.97 Å². The average molecular weight is 262 g/mol. The summed E-state index contributed by atoms with van der Waals surface area (Å²) in [6.07, 6.45) is 0. The highest BCUT2D eigenvalue weighted by Crippen LogP contribution is 2.24. The fraction of sp³-hybridized carbons (Fsp3) is 0.167. The zero-order valence-electron chi connectivity index (χ0n) is 10.2. The summed E-state index contributed by atoms with van der Waals surface area (Å²) in [6.45, 7) is 1.51. The summed E-state index contributed by atoms with van der Waals surface area (Å²) in [4.78, 5) is 36.3. The molecule has 98 valence electrons. The quantitative estimate of drug-likeness (QED) is 0.502. The highest BCUT2D eigenvalue weighted by atomic mass is 16.6.